The Hall–Kier alpha value is -1.40. The first-order valence-corrected chi connectivity index (χ1v) is 6.64. The molecular weight excluding hydrogens is 314 g/mol. The number of benzene rings is 1. The number of carboxylic acids is 1. The number of hydrogen-bond donors (Lipinski definition) is 2. The first-order chi connectivity index (χ1) is 8.94. The van der Waals surface area contributed by atoms with Gasteiger partial charge in [-0.2, -0.15) is 0 Å². The number of ether oxygens (including phenoxy) is 1. The fourth-order valence-electron chi connectivity index (χ4n) is 1.98. The first-order valence-electron chi connectivity index (χ1n) is 5.84. The summed E-state index contributed by atoms with van der Waals surface area (Å²) in [6.45, 7) is 2.20. The summed E-state index contributed by atoms with van der Waals surface area (Å²) in [7, 11) is 0. The molecule has 102 valence electrons. The molecule has 1 heterocycles. The van der Waals surface area contributed by atoms with E-state index in [1.165, 1.54) is 0 Å². The van der Waals surface area contributed by atoms with Crippen LogP contribution in [0.5, 0.6) is 0 Å². The summed E-state index contributed by atoms with van der Waals surface area (Å²) in [5.74, 6) is -1.48. The summed E-state index contributed by atoms with van der Waals surface area (Å²) in [4.78, 5) is 23.6. The van der Waals surface area contributed by atoms with Crippen LogP contribution in [0.1, 0.15) is 22.3 Å². The van der Waals surface area contributed by atoms with Crippen molar-refractivity contribution in [2.24, 2.45) is 0 Å². The predicted octanol–water partition coefficient (Wildman–Crippen LogP) is 1.73. The molecule has 1 aromatic carbocycles. The summed E-state index contributed by atoms with van der Waals surface area (Å²) in [6.07, 6.45) is 0.275. The minimum atomic E-state index is -1.32. The number of halogens is 1. The van der Waals surface area contributed by atoms with Crippen LogP contribution in [-0.4, -0.2) is 35.7 Å². The van der Waals surface area contributed by atoms with Crippen molar-refractivity contribution in [1.82, 2.24) is 5.32 Å². The monoisotopic (exact) mass is 327 g/mol. The molecule has 0 saturated carbocycles. The van der Waals surface area contributed by atoms with Gasteiger partial charge in [0.1, 0.15) is 0 Å². The third-order valence-corrected chi connectivity index (χ3v) is 3.84. The lowest BCUT2D eigenvalue weighted by Crippen LogP contribution is -2.55. The Labute approximate surface area is 119 Å². The van der Waals surface area contributed by atoms with Crippen LogP contribution in [0.4, 0.5) is 0 Å². The fraction of sp³-hybridized carbons (Fsp3) is 0.385. The highest BCUT2D eigenvalue weighted by atomic mass is 79.9. The van der Waals surface area contributed by atoms with Crippen LogP contribution in [0.3, 0.4) is 0 Å². The highest BCUT2D eigenvalue weighted by Crippen LogP contribution is 2.22. The van der Waals surface area contributed by atoms with Crippen LogP contribution >= 0.6 is 15.9 Å². The third kappa shape index (κ3) is 2.79. The summed E-state index contributed by atoms with van der Waals surface area (Å²) in [6, 6.07) is 5.35. The van der Waals surface area contributed by atoms with Gasteiger partial charge < -0.3 is 15.2 Å². The Morgan fingerprint density at radius 3 is 2.79 bits per heavy atom. The number of aryl methyl sites for hydroxylation is 1. The van der Waals surface area contributed by atoms with Crippen molar-refractivity contribution in [3.05, 3.63) is 33.8 Å². The van der Waals surface area contributed by atoms with E-state index in [0.29, 0.717) is 16.6 Å². The molecule has 1 aliphatic rings. The minimum Gasteiger partial charge on any atom is -0.479 e. The second-order valence-corrected chi connectivity index (χ2v) is 5.48. The molecule has 1 aromatic rings. The number of carbonyl (C=O) groups is 2. The summed E-state index contributed by atoms with van der Waals surface area (Å²) < 4.78 is 5.74. The molecular formula is C13H14BrNO4. The van der Waals surface area contributed by atoms with Crippen molar-refractivity contribution in [2.75, 3.05) is 13.2 Å². The maximum Gasteiger partial charge on any atom is 0.331 e. The van der Waals surface area contributed by atoms with Gasteiger partial charge in [0.25, 0.3) is 5.91 Å². The van der Waals surface area contributed by atoms with Crippen molar-refractivity contribution in [3.8, 4) is 0 Å². The average Bonchev–Trinajstić information content (AvgIpc) is 2.82. The van der Waals surface area contributed by atoms with Gasteiger partial charge >= 0.3 is 5.97 Å². The largest absolute Gasteiger partial charge is 0.479 e. The van der Waals surface area contributed by atoms with Gasteiger partial charge in [0, 0.05) is 17.5 Å². The van der Waals surface area contributed by atoms with Crippen molar-refractivity contribution in [2.45, 2.75) is 18.9 Å². The smallest absolute Gasteiger partial charge is 0.331 e. The fourth-order valence-corrected chi connectivity index (χ4v) is 2.41. The number of nitrogens with one attached hydrogen (secondary N) is 1. The van der Waals surface area contributed by atoms with E-state index in [1.807, 2.05) is 13.0 Å². The van der Waals surface area contributed by atoms with Crippen molar-refractivity contribution in [1.29, 1.82) is 0 Å². The SMILES string of the molecule is Cc1ccc(Br)c(C(=O)NC2(C(=O)O)CCOC2)c1. The van der Waals surface area contributed by atoms with E-state index in [2.05, 4.69) is 21.2 Å². The summed E-state index contributed by atoms with van der Waals surface area (Å²) >= 11 is 3.30. The van der Waals surface area contributed by atoms with Crippen molar-refractivity contribution in [3.63, 3.8) is 0 Å². The lowest BCUT2D eigenvalue weighted by atomic mass is 9.98. The van der Waals surface area contributed by atoms with E-state index in [9.17, 15) is 14.7 Å². The molecule has 2 N–H and O–H groups in total. The number of hydrogen-bond acceptors (Lipinski definition) is 3. The molecule has 0 radical (unpaired) electrons. The van der Waals surface area contributed by atoms with Gasteiger partial charge in [0.15, 0.2) is 5.54 Å². The number of amides is 1. The van der Waals surface area contributed by atoms with Gasteiger partial charge in [-0.15, -0.1) is 0 Å². The molecule has 1 aliphatic heterocycles. The van der Waals surface area contributed by atoms with E-state index >= 15 is 0 Å². The van der Waals surface area contributed by atoms with Crippen LogP contribution in [0, 0.1) is 6.92 Å². The van der Waals surface area contributed by atoms with Gasteiger partial charge in [-0.05, 0) is 35.0 Å². The van der Waals surface area contributed by atoms with E-state index < -0.39 is 17.4 Å². The maximum atomic E-state index is 12.2. The van der Waals surface area contributed by atoms with Crippen LogP contribution in [0.2, 0.25) is 0 Å². The Kier molecular flexibility index (Phi) is 3.91. The summed E-state index contributed by atoms with van der Waals surface area (Å²) in [5.41, 5.74) is 0.0354. The van der Waals surface area contributed by atoms with E-state index in [0.717, 1.165) is 5.56 Å². The lowest BCUT2D eigenvalue weighted by molar-refractivity contribution is -0.144. The zero-order valence-corrected chi connectivity index (χ0v) is 12.0. The van der Waals surface area contributed by atoms with Crippen LogP contribution in [-0.2, 0) is 9.53 Å². The minimum absolute atomic E-state index is 0.00247. The van der Waals surface area contributed by atoms with Gasteiger partial charge in [0.2, 0.25) is 0 Å². The average molecular weight is 328 g/mol. The molecule has 6 heteroatoms. The zero-order chi connectivity index (χ0) is 14.0. The Balaban J connectivity index is 2.25. The summed E-state index contributed by atoms with van der Waals surface area (Å²) in [5, 5.41) is 11.9. The predicted molar refractivity (Wildman–Crippen MR) is 72.1 cm³/mol. The molecule has 2 rings (SSSR count). The first kappa shape index (κ1) is 14.0. The highest BCUT2D eigenvalue weighted by Gasteiger charge is 2.44. The molecule has 19 heavy (non-hydrogen) atoms. The molecule has 1 amide bonds. The molecule has 0 aliphatic carbocycles. The second kappa shape index (κ2) is 5.30. The Morgan fingerprint density at radius 2 is 2.21 bits per heavy atom. The molecule has 0 aromatic heterocycles. The Bertz CT molecular complexity index is 523. The van der Waals surface area contributed by atoms with Crippen LogP contribution < -0.4 is 5.32 Å². The van der Waals surface area contributed by atoms with Gasteiger partial charge in [-0.1, -0.05) is 11.6 Å². The second-order valence-electron chi connectivity index (χ2n) is 4.63. The number of rotatable bonds is 3. The molecule has 0 bridgehead atoms. The standard InChI is InChI=1S/C13H14BrNO4/c1-8-2-3-10(14)9(6-8)11(16)15-13(12(17)18)4-5-19-7-13/h2-3,6H,4-5,7H2,1H3,(H,15,16)(H,17,18). The maximum absolute atomic E-state index is 12.2. The zero-order valence-electron chi connectivity index (χ0n) is 10.4. The van der Waals surface area contributed by atoms with Crippen LogP contribution in [0.25, 0.3) is 0 Å². The molecule has 1 atom stereocenters. The quantitative estimate of drug-likeness (QED) is 0.886. The molecule has 5 nitrogen and oxygen atoms in total. The molecule has 0 spiro atoms. The lowest BCUT2D eigenvalue weighted by Gasteiger charge is -2.24. The van der Waals surface area contributed by atoms with Gasteiger partial charge in [0.05, 0.1) is 12.2 Å². The molecule has 1 saturated heterocycles. The number of carbonyl (C=O) groups excluding carboxylic acids is 1. The van der Waals surface area contributed by atoms with Gasteiger partial charge in [-0.3, -0.25) is 4.79 Å². The van der Waals surface area contributed by atoms with E-state index in [1.54, 1.807) is 12.1 Å². The number of carboxylic acid groups (broad SMARTS) is 1. The highest BCUT2D eigenvalue weighted by molar-refractivity contribution is 9.10. The van der Waals surface area contributed by atoms with Crippen molar-refractivity contribution < 1.29 is 19.4 Å². The van der Waals surface area contributed by atoms with Crippen LogP contribution in [0.15, 0.2) is 22.7 Å². The van der Waals surface area contributed by atoms with Crippen molar-refractivity contribution >= 4 is 27.8 Å². The topological polar surface area (TPSA) is 75.6 Å². The third-order valence-electron chi connectivity index (χ3n) is 3.15. The number of aliphatic carboxylic acids is 1. The normalized spacial score (nSPS) is 22.2. The Morgan fingerprint density at radius 1 is 1.47 bits per heavy atom. The molecule has 1 unspecified atom stereocenters. The van der Waals surface area contributed by atoms with E-state index in [-0.39, 0.29) is 13.0 Å². The van der Waals surface area contributed by atoms with E-state index in [4.69, 9.17) is 4.74 Å². The van der Waals surface area contributed by atoms with Gasteiger partial charge in [-0.25, -0.2) is 4.79 Å². The molecule has 1 fully saturated rings.